The molecule has 0 amide bonds. The average molecular weight is 360 g/mol. The van der Waals surface area contributed by atoms with Gasteiger partial charge in [-0.1, -0.05) is 19.9 Å². The molecule has 2 aliphatic rings. The van der Waals surface area contributed by atoms with Crippen LogP contribution in [0.15, 0.2) is 36.2 Å². The number of rotatable bonds is 2. The second-order valence-corrected chi connectivity index (χ2v) is 7.38. The number of nitrogens with zero attached hydrogens (tertiary/aromatic N) is 4. The number of ether oxygens (including phenoxy) is 1. The van der Waals surface area contributed by atoms with Crippen molar-refractivity contribution < 1.29 is 9.53 Å². The first-order valence-corrected chi connectivity index (χ1v) is 9.02. The van der Waals surface area contributed by atoms with Crippen LogP contribution in [0.5, 0.6) is 5.88 Å². The monoisotopic (exact) mass is 360 g/mol. The summed E-state index contributed by atoms with van der Waals surface area (Å²) in [5, 5.41) is 9.46. The molecule has 6 nitrogen and oxygen atoms in total. The Bertz CT molecular complexity index is 993. The molecule has 136 valence electrons. The Labute approximate surface area is 157 Å². The summed E-state index contributed by atoms with van der Waals surface area (Å²) < 4.78 is 5.58. The number of ketones is 1. The highest BCUT2D eigenvalue weighted by Crippen LogP contribution is 2.50. The van der Waals surface area contributed by atoms with Crippen molar-refractivity contribution in [2.75, 3.05) is 7.11 Å². The topological polar surface area (TPSA) is 88.8 Å². The Morgan fingerprint density at radius 2 is 2.19 bits per heavy atom. The van der Waals surface area contributed by atoms with Crippen LogP contribution in [0.3, 0.4) is 0 Å². The number of hydrogen-bond acceptors (Lipinski definition) is 6. The van der Waals surface area contributed by atoms with E-state index in [2.05, 4.69) is 23.0 Å². The molecule has 0 aromatic carbocycles. The zero-order valence-electron chi connectivity index (χ0n) is 15.6. The van der Waals surface area contributed by atoms with Gasteiger partial charge in [-0.05, 0) is 30.9 Å². The number of pyridine rings is 1. The number of allylic oxidation sites excluding steroid dienone is 2. The minimum atomic E-state index is -0.515. The van der Waals surface area contributed by atoms with Gasteiger partial charge in [0.2, 0.25) is 5.88 Å². The van der Waals surface area contributed by atoms with E-state index in [0.717, 1.165) is 29.7 Å². The summed E-state index contributed by atoms with van der Waals surface area (Å²) in [5.41, 5.74) is 2.30. The smallest absolute Gasteiger partial charge is 0.220 e. The van der Waals surface area contributed by atoms with E-state index in [-0.39, 0.29) is 23.2 Å². The Morgan fingerprint density at radius 3 is 2.85 bits per heavy atom. The highest BCUT2D eigenvalue weighted by atomic mass is 16.5. The first-order chi connectivity index (χ1) is 13.0. The maximum atomic E-state index is 12.5. The lowest BCUT2D eigenvalue weighted by Gasteiger charge is -2.45. The lowest BCUT2D eigenvalue weighted by molar-refractivity contribution is -0.121. The normalized spacial score (nSPS) is 26.4. The molecule has 0 N–H and O–H groups in total. The largest absolute Gasteiger partial charge is 0.481 e. The Hall–Kier alpha value is -3.07. The highest BCUT2D eigenvalue weighted by molar-refractivity contribution is 6.02. The van der Waals surface area contributed by atoms with Gasteiger partial charge >= 0.3 is 0 Å². The van der Waals surface area contributed by atoms with Crippen molar-refractivity contribution >= 4 is 5.78 Å². The molecular weight excluding hydrogens is 340 g/mol. The molecule has 0 bridgehead atoms. The summed E-state index contributed by atoms with van der Waals surface area (Å²) in [4.78, 5) is 26.1. The third kappa shape index (κ3) is 2.54. The lowest BCUT2D eigenvalue weighted by atomic mass is 9.58. The van der Waals surface area contributed by atoms with Crippen LogP contribution >= 0.6 is 0 Å². The number of nitriles is 1. The van der Waals surface area contributed by atoms with E-state index in [1.165, 1.54) is 0 Å². The molecule has 0 unspecified atom stereocenters. The quantitative estimate of drug-likeness (QED) is 0.818. The van der Waals surface area contributed by atoms with E-state index in [4.69, 9.17) is 9.72 Å². The molecule has 0 aliphatic heterocycles. The fourth-order valence-corrected chi connectivity index (χ4v) is 4.53. The van der Waals surface area contributed by atoms with E-state index >= 15 is 0 Å². The van der Waals surface area contributed by atoms with E-state index < -0.39 is 5.41 Å². The van der Waals surface area contributed by atoms with E-state index in [9.17, 15) is 10.1 Å². The van der Waals surface area contributed by atoms with Gasteiger partial charge in [-0.3, -0.25) is 9.78 Å². The third-order valence-electron chi connectivity index (χ3n) is 5.92. The van der Waals surface area contributed by atoms with Crippen LogP contribution < -0.4 is 4.74 Å². The fourth-order valence-electron chi connectivity index (χ4n) is 4.53. The van der Waals surface area contributed by atoms with E-state index in [0.29, 0.717) is 11.7 Å². The van der Waals surface area contributed by atoms with Crippen molar-refractivity contribution in [1.82, 2.24) is 15.0 Å². The van der Waals surface area contributed by atoms with Gasteiger partial charge < -0.3 is 4.74 Å². The number of carbonyl (C=O) groups is 1. The molecule has 0 fully saturated rings. The maximum Gasteiger partial charge on any atom is 0.220 e. The molecule has 0 saturated carbocycles. The van der Waals surface area contributed by atoms with Gasteiger partial charge in [0.25, 0.3) is 0 Å². The van der Waals surface area contributed by atoms with Gasteiger partial charge in [0.15, 0.2) is 11.6 Å². The molecule has 2 aliphatic carbocycles. The van der Waals surface area contributed by atoms with Crippen LogP contribution in [-0.4, -0.2) is 27.8 Å². The van der Waals surface area contributed by atoms with Crippen molar-refractivity contribution in [3.8, 4) is 23.3 Å². The molecule has 0 radical (unpaired) electrons. The van der Waals surface area contributed by atoms with Gasteiger partial charge in [0.05, 0.1) is 18.4 Å². The molecule has 2 aromatic heterocycles. The third-order valence-corrected chi connectivity index (χ3v) is 5.92. The van der Waals surface area contributed by atoms with Gasteiger partial charge in [-0.2, -0.15) is 10.2 Å². The van der Waals surface area contributed by atoms with Crippen LogP contribution in [0.1, 0.15) is 31.5 Å². The van der Waals surface area contributed by atoms with Crippen LogP contribution in [0.2, 0.25) is 0 Å². The van der Waals surface area contributed by atoms with Crippen LogP contribution in [0.4, 0.5) is 0 Å². The molecule has 0 saturated heterocycles. The van der Waals surface area contributed by atoms with Crippen LogP contribution in [0.25, 0.3) is 11.4 Å². The van der Waals surface area contributed by atoms with E-state index in [1.54, 1.807) is 25.6 Å². The van der Waals surface area contributed by atoms with Crippen molar-refractivity contribution in [1.29, 1.82) is 5.26 Å². The summed E-state index contributed by atoms with van der Waals surface area (Å²) in [7, 11) is 1.60. The van der Waals surface area contributed by atoms with Gasteiger partial charge in [-0.25, -0.2) is 4.98 Å². The summed E-state index contributed by atoms with van der Waals surface area (Å²) in [6, 6.07) is 5.82. The standard InChI is InChI=1S/C21H20N4O2/c1-12-16-7-6-15-18(21(16,2)9-14(10-22)17(12)26)24-19(25-20(15)27-3)13-5-4-8-23-11-13/h4-5,8-9,11-12,16H,6-7H2,1-3H3/t12-,16-,21-/m1/s1. The number of methoxy groups -OCH3 is 1. The van der Waals surface area contributed by atoms with Crippen LogP contribution in [0, 0.1) is 23.2 Å². The Kier molecular flexibility index (Phi) is 4.03. The summed E-state index contributed by atoms with van der Waals surface area (Å²) >= 11 is 0. The maximum absolute atomic E-state index is 12.5. The summed E-state index contributed by atoms with van der Waals surface area (Å²) in [6.07, 6.45) is 6.80. The minimum Gasteiger partial charge on any atom is -0.481 e. The molecule has 3 atom stereocenters. The Morgan fingerprint density at radius 1 is 1.37 bits per heavy atom. The van der Waals surface area contributed by atoms with Crippen molar-refractivity contribution in [3.05, 3.63) is 47.4 Å². The Balaban J connectivity index is 1.98. The average Bonchev–Trinajstić information content (AvgIpc) is 2.70. The number of aromatic nitrogens is 3. The van der Waals surface area contributed by atoms with Crippen molar-refractivity contribution in [3.63, 3.8) is 0 Å². The van der Waals surface area contributed by atoms with E-state index in [1.807, 2.05) is 19.1 Å². The molecule has 27 heavy (non-hydrogen) atoms. The van der Waals surface area contributed by atoms with Gasteiger partial charge in [-0.15, -0.1) is 0 Å². The van der Waals surface area contributed by atoms with Crippen LogP contribution in [-0.2, 0) is 16.6 Å². The lowest BCUT2D eigenvalue weighted by Crippen LogP contribution is -2.46. The summed E-state index contributed by atoms with van der Waals surface area (Å²) in [6.45, 7) is 3.98. The number of Topliss-reactive ketones (excluding diaryl/α,β-unsaturated/α-hetero) is 1. The van der Waals surface area contributed by atoms with Gasteiger partial charge in [0.1, 0.15) is 6.07 Å². The molecule has 0 spiro atoms. The molecular formula is C21H20N4O2. The van der Waals surface area contributed by atoms with Crippen molar-refractivity contribution in [2.45, 2.75) is 32.1 Å². The zero-order chi connectivity index (χ0) is 19.2. The van der Waals surface area contributed by atoms with Crippen molar-refractivity contribution in [2.24, 2.45) is 11.8 Å². The predicted octanol–water partition coefficient (Wildman–Crippen LogP) is 3.04. The second-order valence-electron chi connectivity index (χ2n) is 7.38. The molecule has 2 heterocycles. The molecule has 6 heteroatoms. The predicted molar refractivity (Wildman–Crippen MR) is 98.8 cm³/mol. The SMILES string of the molecule is COc1nc(-c2cccnc2)nc2c1CC[C@@H]1[C@@H](C)C(=O)C(C#N)=C[C@@]21C. The minimum absolute atomic E-state index is 0.0723. The molecule has 4 rings (SSSR count). The first kappa shape index (κ1) is 17.3. The number of carbonyl (C=O) groups excluding carboxylic acids is 1. The number of hydrogen-bond donors (Lipinski definition) is 0. The second kappa shape index (κ2) is 6.27. The van der Waals surface area contributed by atoms with Gasteiger partial charge in [0, 0.05) is 34.9 Å². The summed E-state index contributed by atoms with van der Waals surface area (Å²) in [5.74, 6) is 0.894. The first-order valence-electron chi connectivity index (χ1n) is 9.02. The number of fused-ring (bicyclic) bond motifs is 3. The highest BCUT2D eigenvalue weighted by Gasteiger charge is 2.49. The fraction of sp³-hybridized carbons (Fsp3) is 0.381. The zero-order valence-corrected chi connectivity index (χ0v) is 15.6. The molecule has 2 aromatic rings.